The highest BCUT2D eigenvalue weighted by atomic mass is 32.2. The Kier molecular flexibility index (Phi) is 6.03. The number of hydrogen-bond acceptors (Lipinski definition) is 4. The van der Waals surface area contributed by atoms with Crippen LogP contribution in [0.25, 0.3) is 0 Å². The molecule has 1 heterocycles. The number of amides is 1. The predicted molar refractivity (Wildman–Crippen MR) is 105 cm³/mol. The average molecular weight is 385 g/mol. The van der Waals surface area contributed by atoms with Gasteiger partial charge in [0.15, 0.2) is 0 Å². The van der Waals surface area contributed by atoms with Crippen LogP contribution in [0, 0.1) is 12.8 Å². The molecule has 142 valence electrons. The minimum atomic E-state index is -3.59. The van der Waals surface area contributed by atoms with Crippen LogP contribution >= 0.6 is 0 Å². The van der Waals surface area contributed by atoms with Crippen LogP contribution in [0.15, 0.2) is 64.6 Å². The van der Waals surface area contributed by atoms with Crippen LogP contribution in [0.2, 0.25) is 0 Å². The van der Waals surface area contributed by atoms with E-state index in [-0.39, 0.29) is 17.3 Å². The smallest absolute Gasteiger partial charge is 0.244 e. The zero-order chi connectivity index (χ0) is 19.3. The van der Waals surface area contributed by atoms with E-state index in [4.69, 9.17) is 0 Å². The summed E-state index contributed by atoms with van der Waals surface area (Å²) in [5.41, 5.74) is 4.41. The Hall–Kier alpha value is -2.51. The second kappa shape index (κ2) is 8.45. The summed E-state index contributed by atoms with van der Waals surface area (Å²) in [5.74, 6) is -0.669. The van der Waals surface area contributed by atoms with E-state index in [0.717, 1.165) is 11.1 Å². The molecule has 0 spiro atoms. The van der Waals surface area contributed by atoms with E-state index >= 15 is 0 Å². The van der Waals surface area contributed by atoms with Crippen LogP contribution in [-0.2, 0) is 14.8 Å². The summed E-state index contributed by atoms with van der Waals surface area (Å²) in [5, 5.41) is 3.98. The van der Waals surface area contributed by atoms with Gasteiger partial charge in [0.05, 0.1) is 17.0 Å². The summed E-state index contributed by atoms with van der Waals surface area (Å²) >= 11 is 0. The monoisotopic (exact) mass is 385 g/mol. The predicted octanol–water partition coefficient (Wildman–Crippen LogP) is 2.55. The molecular formula is C20H23N3O3S. The molecule has 1 saturated heterocycles. The molecule has 1 atom stereocenters. The van der Waals surface area contributed by atoms with Crippen molar-refractivity contribution >= 4 is 22.1 Å². The number of nitrogens with zero attached hydrogens (tertiary/aromatic N) is 2. The molecule has 2 aromatic carbocycles. The lowest BCUT2D eigenvalue weighted by Crippen LogP contribution is -2.44. The van der Waals surface area contributed by atoms with Gasteiger partial charge in [-0.3, -0.25) is 4.79 Å². The molecule has 3 rings (SSSR count). The van der Waals surface area contributed by atoms with Crippen LogP contribution in [0.4, 0.5) is 0 Å². The van der Waals surface area contributed by atoms with Gasteiger partial charge in [0.1, 0.15) is 0 Å². The van der Waals surface area contributed by atoms with E-state index in [9.17, 15) is 13.2 Å². The van der Waals surface area contributed by atoms with Crippen molar-refractivity contribution in [2.75, 3.05) is 13.1 Å². The summed E-state index contributed by atoms with van der Waals surface area (Å²) in [6, 6.07) is 16.2. The number of carbonyl (C=O) groups excluding carboxylic acids is 1. The third-order valence-electron chi connectivity index (χ3n) is 4.60. The minimum absolute atomic E-state index is 0.170. The van der Waals surface area contributed by atoms with Gasteiger partial charge in [-0.15, -0.1) is 0 Å². The maximum absolute atomic E-state index is 12.8. The quantitative estimate of drug-likeness (QED) is 0.635. The first-order chi connectivity index (χ1) is 13.0. The van der Waals surface area contributed by atoms with Crippen molar-refractivity contribution in [1.29, 1.82) is 0 Å². The molecule has 1 fully saturated rings. The Bertz CT molecular complexity index is 909. The zero-order valence-electron chi connectivity index (χ0n) is 15.2. The summed E-state index contributed by atoms with van der Waals surface area (Å²) in [7, 11) is -3.59. The molecule has 0 unspecified atom stereocenters. The molecule has 1 aliphatic heterocycles. The number of nitrogens with one attached hydrogen (secondary N) is 1. The molecule has 27 heavy (non-hydrogen) atoms. The maximum atomic E-state index is 12.8. The molecular weight excluding hydrogens is 362 g/mol. The normalized spacial score (nSPS) is 18.5. The highest BCUT2D eigenvalue weighted by Gasteiger charge is 2.33. The number of hydrazone groups is 1. The lowest BCUT2D eigenvalue weighted by atomic mass is 9.99. The number of carbonyl (C=O) groups is 1. The van der Waals surface area contributed by atoms with Gasteiger partial charge in [-0.25, -0.2) is 13.8 Å². The van der Waals surface area contributed by atoms with Crippen molar-refractivity contribution in [2.24, 2.45) is 11.0 Å². The highest BCUT2D eigenvalue weighted by Crippen LogP contribution is 2.24. The molecule has 6 nitrogen and oxygen atoms in total. The molecule has 1 amide bonds. The fourth-order valence-corrected chi connectivity index (χ4v) is 4.56. The Morgan fingerprint density at radius 2 is 1.85 bits per heavy atom. The summed E-state index contributed by atoms with van der Waals surface area (Å²) in [4.78, 5) is 12.7. The molecule has 0 aliphatic carbocycles. The molecule has 0 aromatic heterocycles. The molecule has 7 heteroatoms. The molecule has 1 N–H and O–H groups in total. The molecule has 0 saturated carbocycles. The van der Waals surface area contributed by atoms with Gasteiger partial charge in [-0.2, -0.15) is 9.41 Å². The Morgan fingerprint density at radius 1 is 1.15 bits per heavy atom. The van der Waals surface area contributed by atoms with Crippen LogP contribution < -0.4 is 5.43 Å². The van der Waals surface area contributed by atoms with E-state index in [2.05, 4.69) is 10.5 Å². The van der Waals surface area contributed by atoms with Gasteiger partial charge in [-0.05, 0) is 37.5 Å². The molecule has 1 aliphatic rings. The SMILES string of the molecule is Cc1ccc(S(=O)(=O)N2CCC[C@H](C(=O)N/N=C\c3ccccc3)C2)cc1. The first-order valence-corrected chi connectivity index (χ1v) is 10.4. The van der Waals surface area contributed by atoms with E-state index in [1.165, 1.54) is 4.31 Å². The van der Waals surface area contributed by atoms with Gasteiger partial charge in [0.2, 0.25) is 15.9 Å². The first-order valence-electron chi connectivity index (χ1n) is 8.91. The summed E-state index contributed by atoms with van der Waals surface area (Å²) in [6.45, 7) is 2.50. The third-order valence-corrected chi connectivity index (χ3v) is 6.48. The Balaban J connectivity index is 1.64. The van der Waals surface area contributed by atoms with Crippen LogP contribution in [0.5, 0.6) is 0 Å². The van der Waals surface area contributed by atoms with Gasteiger partial charge >= 0.3 is 0 Å². The van der Waals surface area contributed by atoms with Crippen molar-refractivity contribution in [2.45, 2.75) is 24.7 Å². The summed E-state index contributed by atoms with van der Waals surface area (Å²) in [6.07, 6.45) is 2.86. The number of sulfonamides is 1. The largest absolute Gasteiger partial charge is 0.273 e. The molecule has 0 radical (unpaired) electrons. The van der Waals surface area contributed by atoms with Gasteiger partial charge in [0.25, 0.3) is 0 Å². The van der Waals surface area contributed by atoms with Gasteiger partial charge in [-0.1, -0.05) is 48.0 Å². The van der Waals surface area contributed by atoms with E-state index < -0.39 is 15.9 Å². The van der Waals surface area contributed by atoms with E-state index in [1.54, 1.807) is 30.5 Å². The fraction of sp³-hybridized carbons (Fsp3) is 0.300. The number of aryl methyl sites for hydroxylation is 1. The topological polar surface area (TPSA) is 78.8 Å². The Labute approximate surface area is 159 Å². The summed E-state index contributed by atoms with van der Waals surface area (Å²) < 4.78 is 27.1. The highest BCUT2D eigenvalue weighted by molar-refractivity contribution is 7.89. The third kappa shape index (κ3) is 4.81. The maximum Gasteiger partial charge on any atom is 0.244 e. The van der Waals surface area contributed by atoms with E-state index in [1.807, 2.05) is 37.3 Å². The zero-order valence-corrected chi connectivity index (χ0v) is 16.0. The number of rotatable bonds is 5. The lowest BCUT2D eigenvalue weighted by Gasteiger charge is -2.30. The second-order valence-corrected chi connectivity index (χ2v) is 8.60. The van der Waals surface area contributed by atoms with Crippen LogP contribution in [-0.4, -0.2) is 37.9 Å². The fourth-order valence-electron chi connectivity index (χ4n) is 3.03. The van der Waals surface area contributed by atoms with Crippen molar-refractivity contribution < 1.29 is 13.2 Å². The number of hydrogen-bond donors (Lipinski definition) is 1. The standard InChI is InChI=1S/C20H23N3O3S/c1-16-9-11-19(12-10-16)27(25,26)23-13-5-8-18(15-23)20(24)22-21-14-17-6-3-2-4-7-17/h2-4,6-7,9-12,14,18H,5,8,13,15H2,1H3,(H,22,24)/b21-14-/t18-/m0/s1. The molecule has 2 aromatic rings. The van der Waals surface area contributed by atoms with Crippen LogP contribution in [0.1, 0.15) is 24.0 Å². The van der Waals surface area contributed by atoms with Crippen LogP contribution in [0.3, 0.4) is 0 Å². The number of benzene rings is 2. The van der Waals surface area contributed by atoms with Crippen molar-refractivity contribution in [3.8, 4) is 0 Å². The van der Waals surface area contributed by atoms with E-state index in [0.29, 0.717) is 19.4 Å². The lowest BCUT2D eigenvalue weighted by molar-refractivity contribution is -0.126. The second-order valence-electron chi connectivity index (χ2n) is 6.66. The minimum Gasteiger partial charge on any atom is -0.273 e. The Morgan fingerprint density at radius 3 is 2.56 bits per heavy atom. The van der Waals surface area contributed by atoms with Gasteiger partial charge < -0.3 is 0 Å². The average Bonchev–Trinajstić information content (AvgIpc) is 2.69. The van der Waals surface area contributed by atoms with Crippen molar-refractivity contribution in [3.63, 3.8) is 0 Å². The molecule has 0 bridgehead atoms. The number of piperidine rings is 1. The first kappa shape index (κ1) is 19.3. The van der Waals surface area contributed by atoms with Crippen molar-refractivity contribution in [3.05, 3.63) is 65.7 Å². The van der Waals surface area contributed by atoms with Crippen molar-refractivity contribution in [1.82, 2.24) is 9.73 Å². The van der Waals surface area contributed by atoms with Gasteiger partial charge in [0, 0.05) is 13.1 Å².